The van der Waals surface area contributed by atoms with Gasteiger partial charge in [0.1, 0.15) is 0 Å². The smallest absolute Gasteiger partial charge is 0.238 e. The lowest BCUT2D eigenvalue weighted by Gasteiger charge is -2.30. The van der Waals surface area contributed by atoms with Crippen LogP contribution in [0.25, 0.3) is 78.4 Å². The molecule has 0 atom stereocenters. The zero-order chi connectivity index (χ0) is 38.1. The van der Waals surface area contributed by atoms with Crippen LogP contribution in [0.2, 0.25) is 0 Å². The summed E-state index contributed by atoms with van der Waals surface area (Å²) in [5, 5.41) is 2.31. The molecule has 0 saturated carbocycles. The predicted octanol–water partition coefficient (Wildman–Crippen LogP) is 12.8. The van der Waals surface area contributed by atoms with Gasteiger partial charge < -0.3 is 0 Å². The van der Waals surface area contributed by atoms with Crippen LogP contribution in [0.15, 0.2) is 195 Å². The average Bonchev–Trinajstić information content (AvgIpc) is 3.88. The van der Waals surface area contributed by atoms with Crippen LogP contribution < -0.4 is 0 Å². The van der Waals surface area contributed by atoms with Crippen LogP contribution in [-0.4, -0.2) is 19.5 Å². The highest BCUT2D eigenvalue weighted by atomic mass is 15.2. The molecule has 9 aromatic rings. The Labute approximate surface area is 331 Å². The molecule has 11 rings (SSSR count). The molecule has 4 nitrogen and oxygen atoms in total. The number of fused-ring (bicyclic) bond motifs is 14. The van der Waals surface area contributed by atoms with Gasteiger partial charge in [0.25, 0.3) is 0 Å². The van der Waals surface area contributed by atoms with Crippen molar-refractivity contribution in [2.45, 2.75) is 12.3 Å². The lowest BCUT2D eigenvalue weighted by molar-refractivity contribution is 0.794. The van der Waals surface area contributed by atoms with Crippen LogP contribution in [0, 0.1) is 0 Å². The van der Waals surface area contributed by atoms with Crippen LogP contribution >= 0.6 is 0 Å². The quantitative estimate of drug-likeness (QED) is 0.160. The molecule has 0 radical (unpaired) electrons. The van der Waals surface area contributed by atoms with Crippen LogP contribution in [0.1, 0.15) is 34.7 Å². The summed E-state index contributed by atoms with van der Waals surface area (Å²) in [4.78, 5) is 15.9. The molecule has 0 aliphatic heterocycles. The van der Waals surface area contributed by atoms with Gasteiger partial charge in [-0.05, 0) is 69.1 Å². The van der Waals surface area contributed by atoms with E-state index in [4.69, 9.17) is 15.0 Å². The summed E-state index contributed by atoms with van der Waals surface area (Å²) in [5.41, 5.74) is 16.0. The molecule has 2 aliphatic carbocycles. The van der Waals surface area contributed by atoms with Crippen LogP contribution in [-0.2, 0) is 5.41 Å². The monoisotopic (exact) mass is 728 g/mol. The Hall–Kier alpha value is -7.43. The molecule has 4 heteroatoms. The van der Waals surface area contributed by atoms with Crippen molar-refractivity contribution in [2.24, 2.45) is 0 Å². The molecule has 57 heavy (non-hydrogen) atoms. The highest BCUT2D eigenvalue weighted by molar-refractivity contribution is 6.16. The number of hydrogen-bond donors (Lipinski definition) is 0. The van der Waals surface area contributed by atoms with E-state index in [1.54, 1.807) is 6.08 Å². The second-order valence-corrected chi connectivity index (χ2v) is 14.8. The number of aromatic nitrogens is 4. The SMILES string of the molecule is C=C/C=C\C=C(/C)c1cccc(-c2nc(-c3ccccc3)nc(-n3c4ccccc4c4ccc5c(c43)-c3ccccc3C53c4ccccc4-c4ccccc43)n2)c1. The molecule has 0 fully saturated rings. The fraction of sp³-hybridized carbons (Fsp3) is 0.0377. The first kappa shape index (κ1) is 33.0. The van der Waals surface area contributed by atoms with Gasteiger partial charge >= 0.3 is 0 Å². The highest BCUT2D eigenvalue weighted by Gasteiger charge is 2.52. The molecule has 2 aliphatic rings. The summed E-state index contributed by atoms with van der Waals surface area (Å²) in [6, 6.07) is 58.9. The third-order valence-electron chi connectivity index (χ3n) is 11.8. The molecule has 268 valence electrons. The maximum Gasteiger partial charge on any atom is 0.238 e. The van der Waals surface area contributed by atoms with Gasteiger partial charge in [-0.1, -0.05) is 183 Å². The fourth-order valence-corrected chi connectivity index (χ4v) is 9.43. The molecule has 0 saturated heterocycles. The number of nitrogens with zero attached hydrogens (tertiary/aromatic N) is 4. The van der Waals surface area contributed by atoms with Crippen molar-refractivity contribution in [1.29, 1.82) is 0 Å². The van der Waals surface area contributed by atoms with E-state index in [1.807, 2.05) is 30.4 Å². The van der Waals surface area contributed by atoms with Gasteiger partial charge in [-0.2, -0.15) is 9.97 Å². The number of rotatable bonds is 6. The van der Waals surface area contributed by atoms with E-state index in [0.717, 1.165) is 44.1 Å². The van der Waals surface area contributed by atoms with E-state index in [1.165, 1.54) is 44.5 Å². The molecule has 0 bridgehead atoms. The summed E-state index contributed by atoms with van der Waals surface area (Å²) in [5.74, 6) is 1.82. The standard InChI is InChI=1S/C53H36N4/c1-3-4-6-18-34(2)36-21-17-22-37(33-36)51-54-50(35-19-7-5-8-20-35)55-52(56-51)57-47-30-16-12-25-40(47)41-31-32-46-48(49(41)57)42-26-11-15-29-45(42)53(46)43-27-13-9-23-38(43)39-24-10-14-28-44(39)53/h3-33H,1H2,2H3/b6-4-,34-18+. The molecule has 1 spiro atoms. The molecular weight excluding hydrogens is 693 g/mol. The minimum Gasteiger partial charge on any atom is -0.277 e. The maximum absolute atomic E-state index is 5.38. The van der Waals surface area contributed by atoms with Crippen molar-refractivity contribution in [3.8, 4) is 51.0 Å². The van der Waals surface area contributed by atoms with Gasteiger partial charge in [-0.25, -0.2) is 4.98 Å². The summed E-state index contributed by atoms with van der Waals surface area (Å²) in [6.45, 7) is 5.93. The van der Waals surface area contributed by atoms with Gasteiger partial charge in [-0.3, -0.25) is 4.57 Å². The average molecular weight is 729 g/mol. The molecule has 2 aromatic heterocycles. The minimum absolute atomic E-state index is 0.472. The van der Waals surface area contributed by atoms with E-state index >= 15 is 0 Å². The van der Waals surface area contributed by atoms with Crippen molar-refractivity contribution in [1.82, 2.24) is 19.5 Å². The summed E-state index contributed by atoms with van der Waals surface area (Å²) >= 11 is 0. The normalized spacial score (nSPS) is 13.6. The third kappa shape index (κ3) is 4.77. The Morgan fingerprint density at radius 2 is 1.16 bits per heavy atom. The molecule has 0 N–H and O–H groups in total. The first-order chi connectivity index (χ1) is 28.2. The van der Waals surface area contributed by atoms with Crippen LogP contribution in [0.3, 0.4) is 0 Å². The lowest BCUT2D eigenvalue weighted by atomic mass is 9.70. The largest absolute Gasteiger partial charge is 0.277 e. The first-order valence-electron chi connectivity index (χ1n) is 19.4. The van der Waals surface area contributed by atoms with E-state index in [0.29, 0.717) is 17.6 Å². The van der Waals surface area contributed by atoms with E-state index in [-0.39, 0.29) is 0 Å². The van der Waals surface area contributed by atoms with Crippen molar-refractivity contribution in [3.05, 3.63) is 222 Å². The van der Waals surface area contributed by atoms with Crippen molar-refractivity contribution < 1.29 is 0 Å². The van der Waals surface area contributed by atoms with Gasteiger partial charge in [0, 0.05) is 27.5 Å². The van der Waals surface area contributed by atoms with E-state index < -0.39 is 5.41 Å². The molecule has 2 heterocycles. The number of benzene rings is 7. The van der Waals surface area contributed by atoms with Crippen molar-refractivity contribution in [2.75, 3.05) is 0 Å². The number of allylic oxidation sites excluding steroid dienone is 5. The van der Waals surface area contributed by atoms with Crippen LogP contribution in [0.5, 0.6) is 0 Å². The minimum atomic E-state index is -0.472. The molecule has 0 unspecified atom stereocenters. The number of hydrogen-bond acceptors (Lipinski definition) is 3. The second kappa shape index (κ2) is 12.8. The van der Waals surface area contributed by atoms with Crippen molar-refractivity contribution >= 4 is 27.4 Å². The number of para-hydroxylation sites is 1. The fourth-order valence-electron chi connectivity index (χ4n) is 9.43. The molecule has 0 amide bonds. The van der Waals surface area contributed by atoms with Crippen molar-refractivity contribution in [3.63, 3.8) is 0 Å². The Morgan fingerprint density at radius 3 is 1.89 bits per heavy atom. The lowest BCUT2D eigenvalue weighted by Crippen LogP contribution is -2.25. The summed E-state index contributed by atoms with van der Waals surface area (Å²) in [6.07, 6.45) is 7.82. The third-order valence-corrected chi connectivity index (χ3v) is 11.8. The summed E-state index contributed by atoms with van der Waals surface area (Å²) < 4.78 is 2.29. The Bertz CT molecular complexity index is 3120. The topological polar surface area (TPSA) is 43.6 Å². The Morgan fingerprint density at radius 1 is 0.544 bits per heavy atom. The van der Waals surface area contributed by atoms with Gasteiger partial charge in [0.2, 0.25) is 5.95 Å². The Balaban J connectivity index is 1.24. The van der Waals surface area contributed by atoms with Crippen LogP contribution in [0.4, 0.5) is 0 Å². The van der Waals surface area contributed by atoms with Gasteiger partial charge in [0.05, 0.1) is 16.4 Å². The Kier molecular flexibility index (Phi) is 7.42. The zero-order valence-electron chi connectivity index (χ0n) is 31.4. The van der Waals surface area contributed by atoms with Gasteiger partial charge in [-0.15, -0.1) is 0 Å². The maximum atomic E-state index is 5.38. The predicted molar refractivity (Wildman–Crippen MR) is 234 cm³/mol. The van der Waals surface area contributed by atoms with E-state index in [2.05, 4.69) is 170 Å². The second-order valence-electron chi connectivity index (χ2n) is 14.8. The first-order valence-corrected chi connectivity index (χ1v) is 19.4. The zero-order valence-corrected chi connectivity index (χ0v) is 31.4. The summed E-state index contributed by atoms with van der Waals surface area (Å²) in [7, 11) is 0. The molecule has 7 aromatic carbocycles. The highest BCUT2D eigenvalue weighted by Crippen LogP contribution is 2.64. The van der Waals surface area contributed by atoms with Gasteiger partial charge in [0.15, 0.2) is 11.6 Å². The van der Waals surface area contributed by atoms with E-state index in [9.17, 15) is 0 Å². The molecular formula is C53H36N4.